The second-order valence-corrected chi connectivity index (χ2v) is 4.77. The van der Waals surface area contributed by atoms with Crippen molar-refractivity contribution in [1.29, 1.82) is 0 Å². The van der Waals surface area contributed by atoms with Gasteiger partial charge in [-0.2, -0.15) is 0 Å². The van der Waals surface area contributed by atoms with E-state index in [4.69, 9.17) is 9.47 Å². The molecular weight excluding hydrogens is 204 g/mol. The molecule has 0 aliphatic carbocycles. The molecule has 0 amide bonds. The molecule has 3 heteroatoms. The Morgan fingerprint density at radius 1 is 1.12 bits per heavy atom. The van der Waals surface area contributed by atoms with Gasteiger partial charge in [-0.25, -0.2) is 0 Å². The molecule has 0 aromatic heterocycles. The van der Waals surface area contributed by atoms with Crippen molar-refractivity contribution in [1.82, 2.24) is 0 Å². The Morgan fingerprint density at radius 3 is 2.38 bits per heavy atom. The van der Waals surface area contributed by atoms with Crippen molar-refractivity contribution in [3.63, 3.8) is 0 Å². The van der Waals surface area contributed by atoms with E-state index in [1.165, 1.54) is 19.3 Å². The number of rotatable bonds is 10. The normalized spacial score (nSPS) is 17.1. The summed E-state index contributed by atoms with van der Waals surface area (Å²) in [6, 6.07) is 0. The van der Waals surface area contributed by atoms with Gasteiger partial charge in [0, 0.05) is 13.0 Å². The second-order valence-electron chi connectivity index (χ2n) is 4.77. The standard InChI is InChI=1S/C13H28O3/c1-5-7-11(2)8-6-9-12(3)13(14)16-10-15-4/h11-14H,5-10H2,1-4H3. The first-order chi connectivity index (χ1) is 7.61. The third kappa shape index (κ3) is 8.08. The van der Waals surface area contributed by atoms with Gasteiger partial charge >= 0.3 is 0 Å². The Hall–Kier alpha value is -0.120. The van der Waals surface area contributed by atoms with E-state index < -0.39 is 6.29 Å². The Morgan fingerprint density at radius 2 is 1.81 bits per heavy atom. The van der Waals surface area contributed by atoms with E-state index in [1.54, 1.807) is 7.11 Å². The Bertz CT molecular complexity index is 150. The van der Waals surface area contributed by atoms with Crippen LogP contribution in [-0.4, -0.2) is 25.3 Å². The van der Waals surface area contributed by atoms with Crippen LogP contribution in [0, 0.1) is 11.8 Å². The number of aliphatic hydroxyl groups excluding tert-OH is 1. The lowest BCUT2D eigenvalue weighted by atomic mass is 9.95. The summed E-state index contributed by atoms with van der Waals surface area (Å²) in [6.07, 6.45) is 5.29. The molecule has 0 radical (unpaired) electrons. The van der Waals surface area contributed by atoms with E-state index in [9.17, 15) is 5.11 Å². The van der Waals surface area contributed by atoms with Gasteiger partial charge in [-0.1, -0.05) is 46.5 Å². The summed E-state index contributed by atoms with van der Waals surface area (Å²) in [5.74, 6) is 0.984. The van der Waals surface area contributed by atoms with Crippen LogP contribution in [0.15, 0.2) is 0 Å². The first-order valence-electron chi connectivity index (χ1n) is 6.40. The zero-order valence-electron chi connectivity index (χ0n) is 11.2. The lowest BCUT2D eigenvalue weighted by molar-refractivity contribution is -0.183. The van der Waals surface area contributed by atoms with Crippen LogP contribution in [0.25, 0.3) is 0 Å². The molecule has 0 saturated carbocycles. The van der Waals surface area contributed by atoms with Crippen LogP contribution in [0.3, 0.4) is 0 Å². The molecule has 0 heterocycles. The molecule has 1 N–H and O–H groups in total. The molecule has 98 valence electrons. The summed E-state index contributed by atoms with van der Waals surface area (Å²) in [5.41, 5.74) is 0. The maximum Gasteiger partial charge on any atom is 0.159 e. The van der Waals surface area contributed by atoms with Crippen LogP contribution in [0.2, 0.25) is 0 Å². The lowest BCUT2D eigenvalue weighted by Crippen LogP contribution is -2.22. The van der Waals surface area contributed by atoms with Gasteiger partial charge in [-0.05, 0) is 12.3 Å². The van der Waals surface area contributed by atoms with Gasteiger partial charge in [0.15, 0.2) is 6.29 Å². The largest absolute Gasteiger partial charge is 0.368 e. The fourth-order valence-corrected chi connectivity index (χ4v) is 1.87. The summed E-state index contributed by atoms with van der Waals surface area (Å²) in [4.78, 5) is 0. The summed E-state index contributed by atoms with van der Waals surface area (Å²) < 4.78 is 9.85. The summed E-state index contributed by atoms with van der Waals surface area (Å²) >= 11 is 0. The highest BCUT2D eigenvalue weighted by atomic mass is 16.7. The van der Waals surface area contributed by atoms with Gasteiger partial charge in [-0.15, -0.1) is 0 Å². The van der Waals surface area contributed by atoms with Gasteiger partial charge in [0.1, 0.15) is 6.79 Å². The molecular formula is C13H28O3. The zero-order chi connectivity index (χ0) is 12.4. The molecule has 0 aromatic rings. The van der Waals surface area contributed by atoms with E-state index >= 15 is 0 Å². The van der Waals surface area contributed by atoms with Gasteiger partial charge in [0.05, 0.1) is 0 Å². The molecule has 3 atom stereocenters. The number of aliphatic hydroxyl groups is 1. The molecule has 0 spiro atoms. The predicted octanol–water partition coefficient (Wildman–Crippen LogP) is 3.17. The van der Waals surface area contributed by atoms with E-state index in [0.717, 1.165) is 18.8 Å². The Labute approximate surface area is 100 Å². The van der Waals surface area contributed by atoms with Crippen molar-refractivity contribution in [2.45, 2.75) is 59.2 Å². The van der Waals surface area contributed by atoms with Crippen molar-refractivity contribution in [3.05, 3.63) is 0 Å². The van der Waals surface area contributed by atoms with E-state index in [2.05, 4.69) is 13.8 Å². The number of hydrogen-bond donors (Lipinski definition) is 1. The van der Waals surface area contributed by atoms with E-state index in [-0.39, 0.29) is 12.7 Å². The smallest absolute Gasteiger partial charge is 0.159 e. The minimum Gasteiger partial charge on any atom is -0.368 e. The highest BCUT2D eigenvalue weighted by molar-refractivity contribution is 4.59. The first kappa shape index (κ1) is 15.9. The second kappa shape index (κ2) is 10.1. The van der Waals surface area contributed by atoms with E-state index in [0.29, 0.717) is 0 Å². The molecule has 3 unspecified atom stereocenters. The highest BCUT2D eigenvalue weighted by Crippen LogP contribution is 2.18. The Kier molecular flexibility index (Phi) is 9.99. The monoisotopic (exact) mass is 232 g/mol. The van der Waals surface area contributed by atoms with Gasteiger partial charge in [-0.3, -0.25) is 0 Å². The average Bonchev–Trinajstić information content (AvgIpc) is 2.26. The van der Waals surface area contributed by atoms with Crippen molar-refractivity contribution in [2.75, 3.05) is 13.9 Å². The van der Waals surface area contributed by atoms with Gasteiger partial charge in [0.25, 0.3) is 0 Å². The van der Waals surface area contributed by atoms with Crippen LogP contribution >= 0.6 is 0 Å². The Balaban J connectivity index is 3.51. The average molecular weight is 232 g/mol. The maximum atomic E-state index is 9.62. The number of ether oxygens (including phenoxy) is 2. The topological polar surface area (TPSA) is 38.7 Å². The lowest BCUT2D eigenvalue weighted by Gasteiger charge is -2.19. The number of methoxy groups -OCH3 is 1. The van der Waals surface area contributed by atoms with Crippen molar-refractivity contribution in [2.24, 2.45) is 11.8 Å². The van der Waals surface area contributed by atoms with E-state index in [1.807, 2.05) is 6.92 Å². The van der Waals surface area contributed by atoms with Crippen LogP contribution in [0.1, 0.15) is 52.9 Å². The fourth-order valence-electron chi connectivity index (χ4n) is 1.87. The molecule has 16 heavy (non-hydrogen) atoms. The third-order valence-electron chi connectivity index (χ3n) is 2.98. The maximum absolute atomic E-state index is 9.62. The summed E-state index contributed by atoms with van der Waals surface area (Å²) in [5, 5.41) is 9.62. The molecule has 0 bridgehead atoms. The molecule has 0 aromatic carbocycles. The quantitative estimate of drug-likeness (QED) is 0.588. The molecule has 0 saturated heterocycles. The molecule has 0 fully saturated rings. The molecule has 0 aliphatic rings. The van der Waals surface area contributed by atoms with Crippen molar-refractivity contribution in [3.8, 4) is 0 Å². The summed E-state index contributed by atoms with van der Waals surface area (Å²) in [7, 11) is 1.56. The van der Waals surface area contributed by atoms with Gasteiger partial charge < -0.3 is 14.6 Å². The minimum absolute atomic E-state index is 0.164. The van der Waals surface area contributed by atoms with Crippen LogP contribution in [-0.2, 0) is 9.47 Å². The summed E-state index contributed by atoms with van der Waals surface area (Å²) in [6.45, 7) is 6.70. The number of hydrogen-bond acceptors (Lipinski definition) is 3. The molecule has 0 rings (SSSR count). The van der Waals surface area contributed by atoms with Crippen LogP contribution in [0.5, 0.6) is 0 Å². The highest BCUT2D eigenvalue weighted by Gasteiger charge is 2.14. The minimum atomic E-state index is -0.693. The third-order valence-corrected chi connectivity index (χ3v) is 2.98. The fraction of sp³-hybridized carbons (Fsp3) is 1.00. The van der Waals surface area contributed by atoms with Crippen LogP contribution in [0.4, 0.5) is 0 Å². The predicted molar refractivity (Wildman–Crippen MR) is 66.1 cm³/mol. The van der Waals surface area contributed by atoms with Crippen molar-refractivity contribution >= 4 is 0 Å². The van der Waals surface area contributed by atoms with Crippen LogP contribution < -0.4 is 0 Å². The van der Waals surface area contributed by atoms with Crippen molar-refractivity contribution < 1.29 is 14.6 Å². The molecule has 0 aliphatic heterocycles. The molecule has 3 nitrogen and oxygen atoms in total. The van der Waals surface area contributed by atoms with Gasteiger partial charge in [0.2, 0.25) is 0 Å². The SMILES string of the molecule is CCCC(C)CCCC(C)C(O)OCOC. The first-order valence-corrected chi connectivity index (χ1v) is 6.40. The zero-order valence-corrected chi connectivity index (χ0v) is 11.2.